The lowest BCUT2D eigenvalue weighted by atomic mass is 10.0. The van der Waals surface area contributed by atoms with Crippen molar-refractivity contribution in [2.45, 2.75) is 27.7 Å². The molecule has 0 amide bonds. The molecule has 0 saturated carbocycles. The topological polar surface area (TPSA) is 6.48 Å². The van der Waals surface area contributed by atoms with Gasteiger partial charge >= 0.3 is 0 Å². The average Bonchev–Trinajstić information content (AvgIpc) is 3.02. The zero-order valence-electron chi connectivity index (χ0n) is 25.8. The summed E-state index contributed by atoms with van der Waals surface area (Å²) in [5.74, 6) is 0. The second-order valence-electron chi connectivity index (χ2n) is 11.9. The maximum absolute atomic E-state index is 2.38. The lowest BCUT2D eigenvalue weighted by molar-refractivity contribution is 1.26. The van der Waals surface area contributed by atoms with E-state index >= 15 is 0 Å². The third kappa shape index (κ3) is 5.20. The molecule has 0 aliphatic heterocycles. The van der Waals surface area contributed by atoms with E-state index in [0.717, 1.165) is 22.7 Å². The molecule has 2 heteroatoms. The molecule has 214 valence electrons. The van der Waals surface area contributed by atoms with E-state index in [1.807, 2.05) is 0 Å². The summed E-state index contributed by atoms with van der Waals surface area (Å²) in [6.07, 6.45) is 0. The number of anilines is 6. The van der Waals surface area contributed by atoms with Crippen LogP contribution in [-0.4, -0.2) is 0 Å². The largest absolute Gasteiger partial charge is 0.310 e. The van der Waals surface area contributed by atoms with Crippen molar-refractivity contribution >= 4 is 55.7 Å². The molecular weight excluding hydrogens is 532 g/mol. The molecule has 0 N–H and O–H groups in total. The molecule has 0 atom stereocenters. The van der Waals surface area contributed by atoms with Crippen molar-refractivity contribution in [3.8, 4) is 0 Å². The van der Waals surface area contributed by atoms with Gasteiger partial charge in [-0.2, -0.15) is 0 Å². The molecule has 0 aliphatic rings. The number of rotatable bonds is 6. The van der Waals surface area contributed by atoms with Gasteiger partial charge in [-0.25, -0.2) is 0 Å². The van der Waals surface area contributed by atoms with Crippen LogP contribution in [0.15, 0.2) is 146 Å². The fourth-order valence-corrected chi connectivity index (χ4v) is 6.30. The molecule has 0 radical (unpaired) electrons. The van der Waals surface area contributed by atoms with E-state index in [2.05, 4.69) is 183 Å². The molecule has 0 fully saturated rings. The van der Waals surface area contributed by atoms with Gasteiger partial charge < -0.3 is 9.80 Å². The lowest BCUT2D eigenvalue weighted by Crippen LogP contribution is -2.13. The van der Waals surface area contributed by atoms with Gasteiger partial charge in [0.2, 0.25) is 0 Å². The highest BCUT2D eigenvalue weighted by molar-refractivity contribution is 6.01. The number of fused-ring (bicyclic) bond motifs is 2. The van der Waals surface area contributed by atoms with E-state index < -0.39 is 0 Å². The molecule has 7 aromatic carbocycles. The van der Waals surface area contributed by atoms with Crippen LogP contribution in [0.2, 0.25) is 0 Å². The summed E-state index contributed by atoms with van der Waals surface area (Å²) in [7, 11) is 0. The van der Waals surface area contributed by atoms with Gasteiger partial charge in [0, 0.05) is 33.5 Å². The average molecular weight is 569 g/mol. The van der Waals surface area contributed by atoms with Crippen LogP contribution in [0.1, 0.15) is 22.3 Å². The first kappa shape index (κ1) is 27.5. The van der Waals surface area contributed by atoms with Crippen LogP contribution in [0.3, 0.4) is 0 Å². The quantitative estimate of drug-likeness (QED) is 0.197. The Hall–Kier alpha value is -5.34. The van der Waals surface area contributed by atoms with Crippen molar-refractivity contribution in [3.63, 3.8) is 0 Å². The van der Waals surface area contributed by atoms with Gasteiger partial charge in [0.25, 0.3) is 0 Å². The van der Waals surface area contributed by atoms with Crippen molar-refractivity contribution in [1.82, 2.24) is 0 Å². The maximum Gasteiger partial charge on any atom is 0.0540 e. The summed E-state index contributed by atoms with van der Waals surface area (Å²) >= 11 is 0. The normalized spacial score (nSPS) is 11.2. The fraction of sp³-hybridized carbons (Fsp3) is 0.0952. The van der Waals surface area contributed by atoms with Crippen LogP contribution in [-0.2, 0) is 0 Å². The Morgan fingerprint density at radius 1 is 0.318 bits per heavy atom. The van der Waals surface area contributed by atoms with Crippen molar-refractivity contribution in [1.29, 1.82) is 0 Å². The molecule has 0 aliphatic carbocycles. The minimum atomic E-state index is 1.12. The van der Waals surface area contributed by atoms with E-state index in [1.165, 1.54) is 55.2 Å². The summed E-state index contributed by atoms with van der Waals surface area (Å²) < 4.78 is 0. The second kappa shape index (κ2) is 11.4. The van der Waals surface area contributed by atoms with E-state index in [-0.39, 0.29) is 0 Å². The Kier molecular flexibility index (Phi) is 7.12. The van der Waals surface area contributed by atoms with Crippen LogP contribution in [0, 0.1) is 27.7 Å². The van der Waals surface area contributed by atoms with E-state index in [1.54, 1.807) is 0 Å². The monoisotopic (exact) mass is 568 g/mol. The molecule has 0 bridgehead atoms. The smallest absolute Gasteiger partial charge is 0.0540 e. The minimum absolute atomic E-state index is 1.12. The minimum Gasteiger partial charge on any atom is -0.310 e. The van der Waals surface area contributed by atoms with Crippen LogP contribution >= 0.6 is 0 Å². The number of hydrogen-bond donors (Lipinski definition) is 0. The van der Waals surface area contributed by atoms with E-state index in [4.69, 9.17) is 0 Å². The van der Waals surface area contributed by atoms with Gasteiger partial charge in [0.15, 0.2) is 0 Å². The SMILES string of the molecule is Cc1cccc(N(c2ccc(N(c3cccc(C)c3)c3cccc4cc(C)ccc34)cc2)c2cccc3cc(C)ccc23)c1. The zero-order valence-corrected chi connectivity index (χ0v) is 25.8. The van der Waals surface area contributed by atoms with Crippen LogP contribution in [0.4, 0.5) is 34.1 Å². The van der Waals surface area contributed by atoms with Gasteiger partial charge in [-0.1, -0.05) is 96.1 Å². The Labute approximate surface area is 260 Å². The Bertz CT molecular complexity index is 1970. The lowest BCUT2D eigenvalue weighted by Gasteiger charge is -2.30. The zero-order chi connectivity index (χ0) is 30.2. The molecule has 44 heavy (non-hydrogen) atoms. The van der Waals surface area contributed by atoms with Gasteiger partial charge in [-0.05, 0) is 110 Å². The van der Waals surface area contributed by atoms with Gasteiger partial charge in [-0.3, -0.25) is 0 Å². The Morgan fingerprint density at radius 3 is 1.11 bits per heavy atom. The summed E-state index contributed by atoms with van der Waals surface area (Å²) in [5, 5.41) is 4.95. The molecular formula is C42H36N2. The van der Waals surface area contributed by atoms with Gasteiger partial charge in [0.1, 0.15) is 0 Å². The van der Waals surface area contributed by atoms with Gasteiger partial charge in [0.05, 0.1) is 11.4 Å². The van der Waals surface area contributed by atoms with Gasteiger partial charge in [-0.15, -0.1) is 0 Å². The number of hydrogen-bond acceptors (Lipinski definition) is 2. The Balaban J connectivity index is 1.40. The van der Waals surface area contributed by atoms with Crippen molar-refractivity contribution in [3.05, 3.63) is 168 Å². The molecule has 0 heterocycles. The molecule has 0 spiro atoms. The molecule has 0 aromatic heterocycles. The highest BCUT2D eigenvalue weighted by atomic mass is 15.2. The third-order valence-electron chi connectivity index (χ3n) is 8.39. The first-order chi connectivity index (χ1) is 21.4. The first-order valence-electron chi connectivity index (χ1n) is 15.3. The third-order valence-corrected chi connectivity index (χ3v) is 8.39. The second-order valence-corrected chi connectivity index (χ2v) is 11.9. The molecule has 0 saturated heterocycles. The van der Waals surface area contributed by atoms with Crippen LogP contribution in [0.5, 0.6) is 0 Å². The highest BCUT2D eigenvalue weighted by Crippen LogP contribution is 2.43. The predicted molar refractivity (Wildman–Crippen MR) is 190 cm³/mol. The maximum atomic E-state index is 2.38. The van der Waals surface area contributed by atoms with Crippen molar-refractivity contribution in [2.75, 3.05) is 9.80 Å². The molecule has 2 nitrogen and oxygen atoms in total. The Morgan fingerprint density at radius 2 is 0.705 bits per heavy atom. The predicted octanol–water partition coefficient (Wildman–Crippen LogP) is 12.2. The molecule has 7 rings (SSSR count). The highest BCUT2D eigenvalue weighted by Gasteiger charge is 2.19. The first-order valence-corrected chi connectivity index (χ1v) is 15.3. The number of nitrogens with zero attached hydrogens (tertiary/aromatic N) is 2. The van der Waals surface area contributed by atoms with E-state index in [9.17, 15) is 0 Å². The summed E-state index contributed by atoms with van der Waals surface area (Å²) in [4.78, 5) is 4.76. The molecule has 7 aromatic rings. The number of aryl methyl sites for hydroxylation is 4. The standard InChI is InChI=1S/C42H36N2/c1-29-9-5-13-37(27-29)43(41-15-7-11-33-25-31(3)17-23-39(33)41)35-19-21-36(22-20-35)44(38-14-6-10-30(2)28-38)42-16-8-12-34-26-32(4)18-24-40(34)42/h5-28H,1-4H3. The number of benzene rings is 7. The van der Waals surface area contributed by atoms with E-state index in [0.29, 0.717) is 0 Å². The molecule has 0 unspecified atom stereocenters. The van der Waals surface area contributed by atoms with Crippen LogP contribution in [0.25, 0.3) is 21.5 Å². The summed E-state index contributed by atoms with van der Waals surface area (Å²) in [6, 6.07) is 53.1. The van der Waals surface area contributed by atoms with Crippen LogP contribution < -0.4 is 9.80 Å². The summed E-state index contributed by atoms with van der Waals surface area (Å²) in [5.41, 5.74) is 11.9. The fourth-order valence-electron chi connectivity index (χ4n) is 6.30. The van der Waals surface area contributed by atoms with Crippen molar-refractivity contribution < 1.29 is 0 Å². The van der Waals surface area contributed by atoms with Crippen molar-refractivity contribution in [2.24, 2.45) is 0 Å². The summed E-state index contributed by atoms with van der Waals surface area (Å²) in [6.45, 7) is 8.62.